The average molecular weight is 402 g/mol. The SMILES string of the molecule is O=C(NCCc1ccc(-n2cccn2)cc1)c1ccc(-n2ccnc2)c([N+](=O)[O-])c1. The lowest BCUT2D eigenvalue weighted by atomic mass is 10.1. The number of nitrogens with zero attached hydrogens (tertiary/aromatic N) is 5. The smallest absolute Gasteiger partial charge is 0.294 e. The lowest BCUT2D eigenvalue weighted by molar-refractivity contribution is -0.384. The van der Waals surface area contributed by atoms with Crippen LogP contribution in [0.2, 0.25) is 0 Å². The molecule has 2 aromatic carbocycles. The van der Waals surface area contributed by atoms with E-state index in [1.54, 1.807) is 29.2 Å². The molecular formula is C21H18N6O3. The molecular weight excluding hydrogens is 384 g/mol. The predicted molar refractivity (Wildman–Crippen MR) is 110 cm³/mol. The molecule has 4 rings (SSSR count). The molecule has 2 aromatic heterocycles. The molecule has 4 aromatic rings. The third-order valence-electron chi connectivity index (χ3n) is 4.62. The fourth-order valence-electron chi connectivity index (χ4n) is 3.09. The molecule has 0 aliphatic carbocycles. The Hall–Kier alpha value is -4.27. The summed E-state index contributed by atoms with van der Waals surface area (Å²) >= 11 is 0. The molecule has 1 amide bonds. The number of hydrogen-bond donors (Lipinski definition) is 1. The van der Waals surface area contributed by atoms with E-state index in [1.807, 2.05) is 36.5 Å². The molecule has 0 aliphatic heterocycles. The van der Waals surface area contributed by atoms with E-state index in [9.17, 15) is 14.9 Å². The summed E-state index contributed by atoms with van der Waals surface area (Å²) in [4.78, 5) is 27.3. The zero-order chi connectivity index (χ0) is 20.9. The van der Waals surface area contributed by atoms with Crippen LogP contribution in [-0.2, 0) is 6.42 Å². The summed E-state index contributed by atoms with van der Waals surface area (Å²) in [5.74, 6) is -0.358. The van der Waals surface area contributed by atoms with E-state index in [4.69, 9.17) is 0 Å². The van der Waals surface area contributed by atoms with Crippen molar-refractivity contribution in [3.63, 3.8) is 0 Å². The minimum absolute atomic E-state index is 0.158. The molecule has 0 unspecified atom stereocenters. The van der Waals surface area contributed by atoms with Gasteiger partial charge in [0.25, 0.3) is 11.6 Å². The van der Waals surface area contributed by atoms with Crippen molar-refractivity contribution in [1.29, 1.82) is 0 Å². The molecule has 30 heavy (non-hydrogen) atoms. The van der Waals surface area contributed by atoms with Gasteiger partial charge in [-0.25, -0.2) is 9.67 Å². The number of amides is 1. The topological polar surface area (TPSA) is 108 Å². The maximum absolute atomic E-state index is 12.5. The van der Waals surface area contributed by atoms with Gasteiger partial charge in [0, 0.05) is 43.0 Å². The Morgan fingerprint density at radius 1 is 1.10 bits per heavy atom. The highest BCUT2D eigenvalue weighted by atomic mass is 16.6. The largest absolute Gasteiger partial charge is 0.352 e. The number of nitro groups is 1. The van der Waals surface area contributed by atoms with Crippen LogP contribution < -0.4 is 5.32 Å². The van der Waals surface area contributed by atoms with Crippen LogP contribution in [0.15, 0.2) is 79.6 Å². The summed E-state index contributed by atoms with van der Waals surface area (Å²) in [5, 5.41) is 18.4. The van der Waals surface area contributed by atoms with Crippen molar-refractivity contribution in [2.45, 2.75) is 6.42 Å². The van der Waals surface area contributed by atoms with Crippen molar-refractivity contribution in [2.75, 3.05) is 6.54 Å². The fourth-order valence-corrected chi connectivity index (χ4v) is 3.09. The molecule has 0 saturated heterocycles. The number of benzene rings is 2. The number of rotatable bonds is 7. The molecule has 0 radical (unpaired) electrons. The van der Waals surface area contributed by atoms with Gasteiger partial charge < -0.3 is 9.88 Å². The number of carbonyl (C=O) groups excluding carboxylic acids is 1. The minimum Gasteiger partial charge on any atom is -0.352 e. The summed E-state index contributed by atoms with van der Waals surface area (Å²) in [6.45, 7) is 0.414. The minimum atomic E-state index is -0.507. The van der Waals surface area contributed by atoms with Crippen LogP contribution in [-0.4, -0.2) is 36.7 Å². The molecule has 9 nitrogen and oxygen atoms in total. The second-order valence-electron chi connectivity index (χ2n) is 6.55. The maximum atomic E-state index is 12.5. The number of hydrogen-bond acceptors (Lipinski definition) is 5. The Bertz CT molecular complexity index is 1150. The van der Waals surface area contributed by atoms with Crippen LogP contribution in [0.5, 0.6) is 0 Å². The summed E-state index contributed by atoms with van der Waals surface area (Å²) in [5.41, 5.74) is 2.45. The average Bonchev–Trinajstić information content (AvgIpc) is 3.48. The van der Waals surface area contributed by atoms with E-state index < -0.39 is 4.92 Å². The first-order valence-corrected chi connectivity index (χ1v) is 9.26. The van der Waals surface area contributed by atoms with Crippen LogP contribution in [0.3, 0.4) is 0 Å². The van der Waals surface area contributed by atoms with Crippen LogP contribution in [0.25, 0.3) is 11.4 Å². The van der Waals surface area contributed by atoms with E-state index in [0.29, 0.717) is 18.7 Å². The normalized spacial score (nSPS) is 10.7. The first-order valence-electron chi connectivity index (χ1n) is 9.26. The van der Waals surface area contributed by atoms with Crippen molar-refractivity contribution in [2.24, 2.45) is 0 Å². The molecule has 9 heteroatoms. The molecule has 0 bridgehead atoms. The number of carbonyl (C=O) groups is 1. The first-order chi connectivity index (χ1) is 14.6. The van der Waals surface area contributed by atoms with E-state index in [1.165, 1.54) is 23.2 Å². The van der Waals surface area contributed by atoms with Crippen molar-refractivity contribution >= 4 is 11.6 Å². The van der Waals surface area contributed by atoms with Crippen molar-refractivity contribution < 1.29 is 9.72 Å². The fraction of sp³-hybridized carbons (Fsp3) is 0.0952. The Morgan fingerprint density at radius 2 is 1.93 bits per heavy atom. The van der Waals surface area contributed by atoms with Gasteiger partial charge in [-0.1, -0.05) is 12.1 Å². The number of imidazole rings is 1. The van der Waals surface area contributed by atoms with Crippen LogP contribution in [0, 0.1) is 10.1 Å². The van der Waals surface area contributed by atoms with Crippen molar-refractivity contribution in [3.8, 4) is 11.4 Å². The lowest BCUT2D eigenvalue weighted by Crippen LogP contribution is -2.25. The molecule has 2 heterocycles. The molecule has 150 valence electrons. The quantitative estimate of drug-likeness (QED) is 0.378. The molecule has 0 aliphatic rings. The molecule has 0 saturated carbocycles. The Labute approximate surface area is 171 Å². The van der Waals surface area contributed by atoms with E-state index >= 15 is 0 Å². The van der Waals surface area contributed by atoms with Gasteiger partial charge in [-0.05, 0) is 42.3 Å². The number of nitrogens with one attached hydrogen (secondary N) is 1. The van der Waals surface area contributed by atoms with E-state index in [2.05, 4.69) is 15.4 Å². The molecule has 1 N–H and O–H groups in total. The summed E-state index contributed by atoms with van der Waals surface area (Å²) in [6.07, 6.45) is 8.84. The van der Waals surface area contributed by atoms with Gasteiger partial charge in [0.1, 0.15) is 5.69 Å². The van der Waals surface area contributed by atoms with Gasteiger partial charge in [0.05, 0.1) is 16.9 Å². The van der Waals surface area contributed by atoms with E-state index in [-0.39, 0.29) is 17.2 Å². The molecule has 0 spiro atoms. The third kappa shape index (κ3) is 4.09. The zero-order valence-electron chi connectivity index (χ0n) is 15.9. The number of nitro benzene ring substituents is 1. The maximum Gasteiger partial charge on any atom is 0.294 e. The Morgan fingerprint density at radius 3 is 2.60 bits per heavy atom. The Balaban J connectivity index is 1.39. The van der Waals surface area contributed by atoms with Crippen LogP contribution in [0.1, 0.15) is 15.9 Å². The third-order valence-corrected chi connectivity index (χ3v) is 4.62. The van der Waals surface area contributed by atoms with Gasteiger partial charge in [0.2, 0.25) is 0 Å². The van der Waals surface area contributed by atoms with Gasteiger partial charge >= 0.3 is 0 Å². The second-order valence-corrected chi connectivity index (χ2v) is 6.55. The highest BCUT2D eigenvalue weighted by Crippen LogP contribution is 2.24. The van der Waals surface area contributed by atoms with E-state index in [0.717, 1.165) is 11.3 Å². The summed E-state index contributed by atoms with van der Waals surface area (Å²) in [6, 6.07) is 14.1. The lowest BCUT2D eigenvalue weighted by Gasteiger charge is -2.08. The van der Waals surface area contributed by atoms with Gasteiger partial charge in [-0.2, -0.15) is 5.10 Å². The zero-order valence-corrected chi connectivity index (χ0v) is 15.9. The van der Waals surface area contributed by atoms with Gasteiger partial charge in [-0.3, -0.25) is 14.9 Å². The Kier molecular flexibility index (Phi) is 5.33. The van der Waals surface area contributed by atoms with Crippen molar-refractivity contribution in [1.82, 2.24) is 24.6 Å². The highest BCUT2D eigenvalue weighted by molar-refractivity contribution is 5.95. The van der Waals surface area contributed by atoms with Crippen LogP contribution >= 0.6 is 0 Å². The summed E-state index contributed by atoms with van der Waals surface area (Å²) in [7, 11) is 0. The highest BCUT2D eigenvalue weighted by Gasteiger charge is 2.18. The molecule has 0 fully saturated rings. The first kappa shape index (κ1) is 19.1. The summed E-state index contributed by atoms with van der Waals surface area (Å²) < 4.78 is 3.30. The standard InChI is InChI=1S/C21H18N6O3/c28-21(17-4-7-19(20(14-17)27(29)30)25-13-11-22-15-25)23-10-8-16-2-5-18(6-3-16)26-12-1-9-24-26/h1-7,9,11-15H,8,10H2,(H,23,28). The van der Waals surface area contributed by atoms with Crippen molar-refractivity contribution in [3.05, 3.63) is 101 Å². The predicted octanol–water partition coefficient (Wildman–Crippen LogP) is 2.94. The molecule has 0 atom stereocenters. The second kappa shape index (κ2) is 8.39. The monoisotopic (exact) mass is 402 g/mol. The van der Waals surface area contributed by atoms with Gasteiger partial charge in [0.15, 0.2) is 0 Å². The van der Waals surface area contributed by atoms with Crippen LogP contribution in [0.4, 0.5) is 5.69 Å². The number of aromatic nitrogens is 4. The van der Waals surface area contributed by atoms with Gasteiger partial charge in [-0.15, -0.1) is 0 Å².